The lowest BCUT2D eigenvalue weighted by atomic mass is 10.0. The average Bonchev–Trinajstić information content (AvgIpc) is 3.62. The number of aromatic nitrogens is 2. The number of Topliss-reactive ketones (excluding diaryl/α,β-unsaturated/α-hetero) is 2. The van der Waals surface area contributed by atoms with E-state index in [1.54, 1.807) is 18.2 Å². The first-order chi connectivity index (χ1) is 19.6. The van der Waals surface area contributed by atoms with Crippen molar-refractivity contribution in [3.05, 3.63) is 138 Å². The summed E-state index contributed by atoms with van der Waals surface area (Å²) in [5.74, 6) is 0.571. The monoisotopic (exact) mass is 516 g/mol. The van der Waals surface area contributed by atoms with Crippen LogP contribution >= 0.6 is 0 Å². The van der Waals surface area contributed by atoms with E-state index in [1.165, 1.54) is 0 Å². The van der Waals surface area contributed by atoms with Gasteiger partial charge < -0.3 is 4.42 Å². The number of ketones is 2. The Hall–Kier alpha value is -5.55. The maximum absolute atomic E-state index is 13.5. The predicted octanol–water partition coefficient (Wildman–Crippen LogP) is 8.05. The Balaban J connectivity index is 1.28. The third-order valence-electron chi connectivity index (χ3n) is 7.57. The molecule has 5 nitrogen and oxygen atoms in total. The van der Waals surface area contributed by atoms with Crippen LogP contribution in [0.3, 0.4) is 0 Å². The first kappa shape index (κ1) is 22.4. The van der Waals surface area contributed by atoms with E-state index in [1.807, 2.05) is 83.4 Å². The Morgan fingerprint density at radius 2 is 1.23 bits per heavy atom. The number of para-hydroxylation sites is 1. The molecule has 5 heteroatoms. The summed E-state index contributed by atoms with van der Waals surface area (Å²) in [5, 5.41) is 4.13. The van der Waals surface area contributed by atoms with Gasteiger partial charge in [0.1, 0.15) is 17.1 Å². The molecule has 0 unspecified atom stereocenters. The molecule has 0 saturated heterocycles. The Labute approximate surface area is 228 Å². The van der Waals surface area contributed by atoms with E-state index in [0.717, 1.165) is 38.3 Å². The van der Waals surface area contributed by atoms with E-state index in [4.69, 9.17) is 9.40 Å². The Kier molecular flexibility index (Phi) is 4.76. The summed E-state index contributed by atoms with van der Waals surface area (Å²) in [4.78, 5) is 31.7. The summed E-state index contributed by atoms with van der Waals surface area (Å²) in [6.07, 6.45) is 1.59. The van der Waals surface area contributed by atoms with E-state index in [2.05, 4.69) is 24.3 Å². The molecule has 188 valence electrons. The molecule has 2 aromatic heterocycles. The highest BCUT2D eigenvalue weighted by Gasteiger charge is 2.34. The zero-order valence-electron chi connectivity index (χ0n) is 21.2. The van der Waals surface area contributed by atoms with Gasteiger partial charge in [-0.1, -0.05) is 78.9 Å². The smallest absolute Gasteiger partial charge is 0.246 e. The number of nitrogens with zero attached hydrogens (tertiary/aromatic N) is 2. The predicted molar refractivity (Wildman–Crippen MR) is 157 cm³/mol. The van der Waals surface area contributed by atoms with Crippen molar-refractivity contribution in [3.63, 3.8) is 0 Å². The van der Waals surface area contributed by atoms with Crippen LogP contribution in [0.1, 0.15) is 26.5 Å². The van der Waals surface area contributed by atoms with Crippen molar-refractivity contribution in [3.8, 4) is 17.0 Å². The van der Waals surface area contributed by atoms with Gasteiger partial charge in [-0.15, -0.1) is 0 Å². The van der Waals surface area contributed by atoms with Gasteiger partial charge >= 0.3 is 0 Å². The van der Waals surface area contributed by atoms with Gasteiger partial charge in [-0.25, -0.2) is 0 Å². The largest absolute Gasteiger partial charge is 0.436 e. The number of hydrogen-bond acceptors (Lipinski definition) is 4. The number of rotatable bonds is 3. The number of allylic oxidation sites excluding steroid dienone is 1. The average molecular weight is 517 g/mol. The summed E-state index contributed by atoms with van der Waals surface area (Å²) in [6.45, 7) is 0. The normalized spacial score (nSPS) is 13.1. The van der Waals surface area contributed by atoms with Gasteiger partial charge in [0.05, 0.1) is 5.57 Å². The van der Waals surface area contributed by atoms with E-state index >= 15 is 0 Å². The highest BCUT2D eigenvalue weighted by atomic mass is 16.3. The van der Waals surface area contributed by atoms with Gasteiger partial charge in [-0.3, -0.25) is 14.2 Å². The summed E-state index contributed by atoms with van der Waals surface area (Å²) < 4.78 is 8.17. The summed E-state index contributed by atoms with van der Waals surface area (Å²) in [7, 11) is 0. The van der Waals surface area contributed by atoms with Crippen molar-refractivity contribution in [1.29, 1.82) is 0 Å². The second-order valence-corrected chi connectivity index (χ2v) is 9.97. The summed E-state index contributed by atoms with van der Waals surface area (Å²) in [5.41, 5.74) is 3.93. The second-order valence-electron chi connectivity index (χ2n) is 9.97. The molecule has 0 atom stereocenters. The molecule has 0 spiro atoms. The second kappa shape index (κ2) is 8.48. The number of carbonyl (C=O) groups is 2. The van der Waals surface area contributed by atoms with Crippen molar-refractivity contribution in [2.75, 3.05) is 0 Å². The topological polar surface area (TPSA) is 65.1 Å². The van der Waals surface area contributed by atoms with Gasteiger partial charge in [-0.2, -0.15) is 4.98 Å². The van der Waals surface area contributed by atoms with Crippen LogP contribution in [0, 0.1) is 0 Å². The van der Waals surface area contributed by atoms with Crippen LogP contribution in [0.5, 0.6) is 0 Å². The van der Waals surface area contributed by atoms with E-state index < -0.39 is 0 Å². The van der Waals surface area contributed by atoms with Crippen molar-refractivity contribution >= 4 is 50.4 Å². The minimum Gasteiger partial charge on any atom is -0.436 e. The molecule has 0 saturated carbocycles. The van der Waals surface area contributed by atoms with Gasteiger partial charge in [0.15, 0.2) is 11.6 Å². The van der Waals surface area contributed by atoms with Crippen molar-refractivity contribution in [2.45, 2.75) is 0 Å². The maximum atomic E-state index is 13.5. The fraction of sp³-hybridized carbons (Fsp3) is 0. The van der Waals surface area contributed by atoms with Crippen LogP contribution < -0.4 is 0 Å². The quantitative estimate of drug-likeness (QED) is 0.176. The molecular weight excluding hydrogens is 496 g/mol. The zero-order chi connectivity index (χ0) is 26.8. The van der Waals surface area contributed by atoms with Crippen LogP contribution in [0.15, 0.2) is 125 Å². The zero-order valence-corrected chi connectivity index (χ0v) is 21.2. The third kappa shape index (κ3) is 3.38. The lowest BCUT2D eigenvalue weighted by Gasteiger charge is -2.06. The Morgan fingerprint density at radius 1 is 0.625 bits per heavy atom. The van der Waals surface area contributed by atoms with Gasteiger partial charge in [0.2, 0.25) is 5.71 Å². The highest BCUT2D eigenvalue weighted by Crippen LogP contribution is 2.35. The molecule has 0 amide bonds. The number of hydrogen-bond donors (Lipinski definition) is 0. The molecule has 1 aliphatic rings. The van der Waals surface area contributed by atoms with E-state index in [9.17, 15) is 9.59 Å². The summed E-state index contributed by atoms with van der Waals surface area (Å²) >= 11 is 0. The van der Waals surface area contributed by atoms with Crippen molar-refractivity contribution < 1.29 is 14.0 Å². The minimum absolute atomic E-state index is 0.102. The highest BCUT2D eigenvalue weighted by molar-refractivity contribution is 6.42. The van der Waals surface area contributed by atoms with Crippen LogP contribution in [0.25, 0.3) is 55.9 Å². The third-order valence-corrected chi connectivity index (χ3v) is 7.57. The SMILES string of the molecule is O=C1C(=Cc2nc3oc(-c4ccc5ccccc5c4)cc3n2-c2ccccc2)C(=O)c2cc3ccccc3cc21. The number of fused-ring (bicyclic) bond motifs is 4. The van der Waals surface area contributed by atoms with Crippen molar-refractivity contribution in [1.82, 2.24) is 9.55 Å². The van der Waals surface area contributed by atoms with Crippen molar-refractivity contribution in [2.24, 2.45) is 0 Å². The number of imidazole rings is 1. The van der Waals surface area contributed by atoms with Gasteiger partial charge in [0, 0.05) is 28.4 Å². The number of benzene rings is 5. The lowest BCUT2D eigenvalue weighted by molar-refractivity contribution is 0.0990. The van der Waals surface area contributed by atoms with E-state index in [-0.39, 0.29) is 17.1 Å². The molecule has 0 bridgehead atoms. The molecule has 0 N–H and O–H groups in total. The molecule has 7 aromatic rings. The molecule has 0 radical (unpaired) electrons. The molecule has 1 aliphatic carbocycles. The fourth-order valence-corrected chi connectivity index (χ4v) is 5.59. The first-order valence-corrected chi connectivity index (χ1v) is 13.0. The fourth-order valence-electron chi connectivity index (χ4n) is 5.59. The minimum atomic E-state index is -0.290. The standard InChI is InChI=1S/C35H20N2O3/c38-33-27-17-23-10-6-7-11-24(23)18-28(27)34(39)29(33)19-32-36-35-30(37(32)26-12-2-1-3-13-26)20-31(40-35)25-15-14-21-8-4-5-9-22(21)16-25/h1-20H. The Morgan fingerprint density at radius 3 is 1.90 bits per heavy atom. The van der Waals surface area contributed by atoms with Crippen LogP contribution in [0.2, 0.25) is 0 Å². The van der Waals surface area contributed by atoms with E-state index in [0.29, 0.717) is 28.4 Å². The molecule has 8 rings (SSSR count). The molecule has 40 heavy (non-hydrogen) atoms. The molecule has 0 fully saturated rings. The maximum Gasteiger partial charge on any atom is 0.246 e. The van der Waals surface area contributed by atoms with Gasteiger partial charge in [0.25, 0.3) is 0 Å². The number of furan rings is 1. The molecule has 0 aliphatic heterocycles. The number of carbonyl (C=O) groups excluding carboxylic acids is 2. The Bertz CT molecular complexity index is 2140. The first-order valence-electron chi connectivity index (χ1n) is 13.0. The molecule has 2 heterocycles. The molecular formula is C35H20N2O3. The summed E-state index contributed by atoms with van der Waals surface area (Å²) in [6, 6.07) is 37.4. The molecule has 5 aromatic carbocycles. The van der Waals surface area contributed by atoms with Gasteiger partial charge in [-0.05, 0) is 58.0 Å². The van der Waals surface area contributed by atoms with Crippen LogP contribution in [-0.2, 0) is 0 Å². The van der Waals surface area contributed by atoms with Crippen LogP contribution in [0.4, 0.5) is 0 Å². The lowest BCUT2D eigenvalue weighted by Crippen LogP contribution is -2.03. The van der Waals surface area contributed by atoms with Crippen LogP contribution in [-0.4, -0.2) is 21.1 Å².